The molecule has 0 amide bonds. The van der Waals surface area contributed by atoms with Gasteiger partial charge in [-0.2, -0.15) is 0 Å². The van der Waals surface area contributed by atoms with E-state index in [1.165, 1.54) is 6.07 Å². The first-order valence-corrected chi connectivity index (χ1v) is 7.33. The van der Waals surface area contributed by atoms with Crippen molar-refractivity contribution in [1.82, 2.24) is 5.32 Å². The maximum atomic E-state index is 12.5. The maximum Gasteiger partial charge on any atom is 0.573 e. The summed E-state index contributed by atoms with van der Waals surface area (Å²) in [4.78, 5) is 0. The minimum atomic E-state index is -4.65. The average molecular weight is 301 g/mol. The fourth-order valence-electron chi connectivity index (χ4n) is 3.10. The van der Waals surface area contributed by atoms with Crippen LogP contribution in [-0.2, 0) is 0 Å². The minimum Gasteiger partial charge on any atom is -0.405 e. The van der Waals surface area contributed by atoms with Crippen molar-refractivity contribution in [2.24, 2.45) is 5.41 Å². The van der Waals surface area contributed by atoms with Crippen LogP contribution in [0, 0.1) is 5.41 Å². The Hall–Kier alpha value is -1.23. The lowest BCUT2D eigenvalue weighted by Crippen LogP contribution is -2.55. The zero-order valence-electron chi connectivity index (χ0n) is 12.6. The summed E-state index contributed by atoms with van der Waals surface area (Å²) in [5.41, 5.74) is 0.564. The number of benzene rings is 1. The molecular weight excluding hydrogens is 279 g/mol. The summed E-state index contributed by atoms with van der Waals surface area (Å²) in [5, 5.41) is 3.46. The van der Waals surface area contributed by atoms with Crippen LogP contribution in [0.25, 0.3) is 0 Å². The summed E-state index contributed by atoms with van der Waals surface area (Å²) in [5.74, 6) is 0.00224. The van der Waals surface area contributed by atoms with Crippen LogP contribution in [0.3, 0.4) is 0 Å². The molecule has 0 aromatic heterocycles. The monoisotopic (exact) mass is 301 g/mol. The molecule has 2 unspecified atom stereocenters. The van der Waals surface area contributed by atoms with Gasteiger partial charge < -0.3 is 10.1 Å². The quantitative estimate of drug-likeness (QED) is 0.866. The molecule has 1 aliphatic carbocycles. The van der Waals surface area contributed by atoms with Crippen LogP contribution >= 0.6 is 0 Å². The van der Waals surface area contributed by atoms with E-state index in [-0.39, 0.29) is 17.1 Å². The number of hydrogen-bond donors (Lipinski definition) is 1. The highest BCUT2D eigenvalue weighted by molar-refractivity contribution is 5.40. The summed E-state index contributed by atoms with van der Waals surface area (Å²) >= 11 is 0. The van der Waals surface area contributed by atoms with E-state index in [0.717, 1.165) is 19.4 Å². The third-order valence-electron chi connectivity index (χ3n) is 4.43. The molecule has 0 heterocycles. The van der Waals surface area contributed by atoms with Crippen molar-refractivity contribution in [2.75, 3.05) is 6.54 Å². The number of nitrogens with one attached hydrogen (secondary N) is 1. The maximum absolute atomic E-state index is 12.5. The van der Waals surface area contributed by atoms with Gasteiger partial charge in [-0.3, -0.25) is 0 Å². The zero-order chi connectivity index (χ0) is 15.7. The van der Waals surface area contributed by atoms with Gasteiger partial charge in [0, 0.05) is 6.04 Å². The average Bonchev–Trinajstić information content (AvgIpc) is 2.37. The largest absolute Gasteiger partial charge is 0.573 e. The van der Waals surface area contributed by atoms with E-state index < -0.39 is 6.36 Å². The highest BCUT2D eigenvalue weighted by atomic mass is 19.4. The van der Waals surface area contributed by atoms with E-state index >= 15 is 0 Å². The second kappa shape index (κ2) is 5.87. The second-order valence-corrected chi connectivity index (χ2v) is 6.20. The topological polar surface area (TPSA) is 21.3 Å². The Morgan fingerprint density at radius 1 is 1.29 bits per heavy atom. The van der Waals surface area contributed by atoms with Gasteiger partial charge in [-0.05, 0) is 42.3 Å². The van der Waals surface area contributed by atoms with Gasteiger partial charge in [0.05, 0.1) is 0 Å². The summed E-state index contributed by atoms with van der Waals surface area (Å²) < 4.78 is 41.7. The number of alkyl halides is 3. The van der Waals surface area contributed by atoms with Gasteiger partial charge in [0.15, 0.2) is 0 Å². The Morgan fingerprint density at radius 3 is 2.52 bits per heavy atom. The Balaban J connectivity index is 2.17. The molecule has 1 aliphatic rings. The molecule has 0 radical (unpaired) electrons. The third-order valence-corrected chi connectivity index (χ3v) is 4.43. The van der Waals surface area contributed by atoms with Crippen molar-refractivity contribution >= 4 is 0 Å². The molecule has 1 fully saturated rings. The Bertz CT molecular complexity index is 485. The van der Waals surface area contributed by atoms with Crippen molar-refractivity contribution in [2.45, 2.75) is 51.9 Å². The van der Waals surface area contributed by atoms with E-state index in [9.17, 15) is 13.2 Å². The van der Waals surface area contributed by atoms with Gasteiger partial charge >= 0.3 is 6.36 Å². The lowest BCUT2D eigenvalue weighted by Gasteiger charge is -2.53. The molecule has 1 aromatic carbocycles. The van der Waals surface area contributed by atoms with E-state index in [1.807, 2.05) is 0 Å². The molecule has 2 nitrogen and oxygen atoms in total. The van der Waals surface area contributed by atoms with Crippen molar-refractivity contribution < 1.29 is 17.9 Å². The van der Waals surface area contributed by atoms with Crippen molar-refractivity contribution in [3.05, 3.63) is 29.8 Å². The van der Waals surface area contributed by atoms with Crippen LogP contribution in [0.2, 0.25) is 0 Å². The molecule has 1 N–H and O–H groups in total. The first kappa shape index (κ1) is 16.1. The predicted molar refractivity (Wildman–Crippen MR) is 76.3 cm³/mol. The molecule has 1 aromatic rings. The molecule has 2 rings (SSSR count). The second-order valence-electron chi connectivity index (χ2n) is 6.20. The van der Waals surface area contributed by atoms with Crippen molar-refractivity contribution in [3.63, 3.8) is 0 Å². The van der Waals surface area contributed by atoms with Gasteiger partial charge in [0.2, 0.25) is 0 Å². The predicted octanol–water partition coefficient (Wildman–Crippen LogP) is 4.47. The molecule has 0 bridgehead atoms. The SMILES string of the molecule is CCCNC1CC(c2ccccc2OC(F)(F)F)C1(C)C. The van der Waals surface area contributed by atoms with Gasteiger partial charge in [-0.15, -0.1) is 13.2 Å². The van der Waals surface area contributed by atoms with Crippen LogP contribution in [0.5, 0.6) is 5.75 Å². The van der Waals surface area contributed by atoms with E-state index in [2.05, 4.69) is 30.8 Å². The smallest absolute Gasteiger partial charge is 0.405 e. The van der Waals surface area contributed by atoms with Gasteiger partial charge in [-0.1, -0.05) is 39.0 Å². The Morgan fingerprint density at radius 2 is 1.95 bits per heavy atom. The van der Waals surface area contributed by atoms with Crippen LogP contribution in [0.4, 0.5) is 13.2 Å². The summed E-state index contributed by atoms with van der Waals surface area (Å²) in [6.07, 6.45) is -2.76. The van der Waals surface area contributed by atoms with Crippen molar-refractivity contribution in [1.29, 1.82) is 0 Å². The standard InChI is InChI=1S/C16H22F3NO/c1-4-9-20-14-10-12(15(14,2)3)11-7-5-6-8-13(11)21-16(17,18)19/h5-8,12,14,20H,4,9-10H2,1-3H3. The first-order valence-electron chi connectivity index (χ1n) is 7.33. The molecule has 21 heavy (non-hydrogen) atoms. The lowest BCUT2D eigenvalue weighted by molar-refractivity contribution is -0.275. The fourth-order valence-corrected chi connectivity index (χ4v) is 3.10. The Labute approximate surface area is 123 Å². The molecule has 1 saturated carbocycles. The molecule has 0 saturated heterocycles. The first-order chi connectivity index (χ1) is 9.75. The number of ether oxygens (including phenoxy) is 1. The molecule has 5 heteroatoms. The van der Waals surface area contributed by atoms with Gasteiger partial charge in [-0.25, -0.2) is 0 Å². The molecular formula is C16H22F3NO. The molecule has 118 valence electrons. The van der Waals surface area contributed by atoms with Crippen LogP contribution < -0.4 is 10.1 Å². The van der Waals surface area contributed by atoms with Crippen LogP contribution in [0.15, 0.2) is 24.3 Å². The number of rotatable bonds is 5. The van der Waals surface area contributed by atoms with Crippen LogP contribution in [0.1, 0.15) is 45.1 Å². The lowest BCUT2D eigenvalue weighted by atomic mass is 9.56. The van der Waals surface area contributed by atoms with E-state index in [1.54, 1.807) is 18.2 Å². The highest BCUT2D eigenvalue weighted by Gasteiger charge is 2.49. The fraction of sp³-hybridized carbons (Fsp3) is 0.625. The zero-order valence-corrected chi connectivity index (χ0v) is 12.6. The normalized spacial score (nSPS) is 24.5. The molecule has 2 atom stereocenters. The summed E-state index contributed by atoms with van der Waals surface area (Å²) in [7, 11) is 0. The third kappa shape index (κ3) is 3.51. The van der Waals surface area contributed by atoms with Gasteiger partial charge in [0.1, 0.15) is 5.75 Å². The van der Waals surface area contributed by atoms with Gasteiger partial charge in [0.25, 0.3) is 0 Å². The Kier molecular flexibility index (Phi) is 4.51. The minimum absolute atomic E-state index is 0.0722. The summed E-state index contributed by atoms with van der Waals surface area (Å²) in [6.45, 7) is 7.22. The highest BCUT2D eigenvalue weighted by Crippen LogP contribution is 2.54. The van der Waals surface area contributed by atoms with E-state index in [4.69, 9.17) is 0 Å². The number of para-hydroxylation sites is 1. The van der Waals surface area contributed by atoms with Crippen molar-refractivity contribution in [3.8, 4) is 5.75 Å². The number of hydrogen-bond acceptors (Lipinski definition) is 2. The summed E-state index contributed by atoms with van der Waals surface area (Å²) in [6, 6.07) is 6.81. The van der Waals surface area contributed by atoms with Crippen LogP contribution in [-0.4, -0.2) is 18.9 Å². The molecule has 0 aliphatic heterocycles. The molecule has 0 spiro atoms. The number of halogens is 3. The van der Waals surface area contributed by atoms with E-state index in [0.29, 0.717) is 11.6 Å².